The van der Waals surface area contributed by atoms with Gasteiger partial charge in [-0.25, -0.2) is 17.2 Å². The molecule has 3 N–H and O–H groups in total. The van der Waals surface area contributed by atoms with Crippen molar-refractivity contribution in [2.75, 3.05) is 12.0 Å². The van der Waals surface area contributed by atoms with Gasteiger partial charge in [0.05, 0.1) is 16.6 Å². The molecule has 0 saturated heterocycles. The van der Waals surface area contributed by atoms with Crippen LogP contribution < -0.4 is 16.6 Å². The fourth-order valence-electron chi connectivity index (χ4n) is 3.10. The summed E-state index contributed by atoms with van der Waals surface area (Å²) in [6.07, 6.45) is 1.03. The molecule has 8 nitrogen and oxygen atoms in total. The van der Waals surface area contributed by atoms with Gasteiger partial charge in [-0.1, -0.05) is 6.07 Å². The molecule has 0 aliphatic carbocycles. The first-order chi connectivity index (χ1) is 15.3. The minimum absolute atomic E-state index is 0.0117. The summed E-state index contributed by atoms with van der Waals surface area (Å²) in [5.41, 5.74) is 5.42. The van der Waals surface area contributed by atoms with Crippen molar-refractivity contribution in [1.29, 1.82) is 0 Å². The number of anilines is 1. The van der Waals surface area contributed by atoms with Crippen molar-refractivity contribution in [3.8, 4) is 5.69 Å². The molecule has 1 aromatic heterocycles. The zero-order valence-electron chi connectivity index (χ0n) is 18.0. The maximum absolute atomic E-state index is 13.7. The lowest BCUT2D eigenvalue weighted by atomic mass is 10.0. The van der Waals surface area contributed by atoms with Crippen LogP contribution in [0.3, 0.4) is 0 Å². The number of nitrogen functional groups attached to an aromatic ring is 1. The molecule has 2 aromatic carbocycles. The number of sulfone groups is 1. The number of nitrogens with zero attached hydrogens (tertiary/aromatic N) is 2. The van der Waals surface area contributed by atoms with Gasteiger partial charge >= 0.3 is 0 Å². The molecule has 0 fully saturated rings. The van der Waals surface area contributed by atoms with Crippen molar-refractivity contribution < 1.29 is 22.0 Å². The van der Waals surface area contributed by atoms with Crippen LogP contribution in [0.25, 0.3) is 5.69 Å². The Morgan fingerprint density at radius 1 is 1.15 bits per heavy atom. The van der Waals surface area contributed by atoms with E-state index in [1.807, 2.05) is 0 Å². The molecule has 0 bridgehead atoms. The third-order valence-electron chi connectivity index (χ3n) is 4.86. The zero-order chi connectivity index (χ0) is 24.6. The van der Waals surface area contributed by atoms with Gasteiger partial charge in [0.1, 0.15) is 5.69 Å². The average molecular weight is 477 g/mol. The molecular formula is C22H22F2N4O4S. The highest BCUT2D eigenvalue weighted by Gasteiger charge is 2.26. The molecule has 11 heteroatoms. The predicted octanol–water partition coefficient (Wildman–Crippen LogP) is 2.82. The van der Waals surface area contributed by atoms with Crippen LogP contribution >= 0.6 is 0 Å². The van der Waals surface area contributed by atoms with Gasteiger partial charge in [0.25, 0.3) is 17.4 Å². The largest absolute Gasteiger partial charge is 0.399 e. The number of nitrogens with two attached hydrogens (primary N) is 1. The fraction of sp³-hybridized carbons (Fsp3) is 0.227. The third-order valence-corrected chi connectivity index (χ3v) is 5.97. The Kier molecular flexibility index (Phi) is 6.37. The van der Waals surface area contributed by atoms with Crippen molar-refractivity contribution in [2.45, 2.75) is 30.7 Å². The van der Waals surface area contributed by atoms with E-state index in [0.29, 0.717) is 5.56 Å². The van der Waals surface area contributed by atoms with E-state index in [9.17, 15) is 26.8 Å². The highest BCUT2D eigenvalue weighted by Crippen LogP contribution is 2.31. The van der Waals surface area contributed by atoms with Crippen molar-refractivity contribution in [2.24, 2.45) is 0 Å². The van der Waals surface area contributed by atoms with E-state index in [-0.39, 0.29) is 27.5 Å². The van der Waals surface area contributed by atoms with E-state index in [2.05, 4.69) is 10.4 Å². The van der Waals surface area contributed by atoms with Gasteiger partial charge in [-0.3, -0.25) is 9.59 Å². The van der Waals surface area contributed by atoms with Gasteiger partial charge in [0, 0.05) is 30.5 Å². The molecule has 3 rings (SSSR count). The first-order valence-electron chi connectivity index (χ1n) is 9.76. The van der Waals surface area contributed by atoms with E-state index in [0.717, 1.165) is 23.9 Å². The summed E-state index contributed by atoms with van der Waals surface area (Å²) in [6, 6.07) is 11.1. The Labute approximate surface area is 189 Å². The van der Waals surface area contributed by atoms with Crippen LogP contribution in [0.1, 0.15) is 41.5 Å². The van der Waals surface area contributed by atoms with Crippen LogP contribution in [-0.2, 0) is 15.8 Å². The summed E-state index contributed by atoms with van der Waals surface area (Å²) in [4.78, 5) is 25.0. The van der Waals surface area contributed by atoms with E-state index in [1.54, 1.807) is 6.92 Å². The number of alkyl halides is 2. The number of hydrogen-bond acceptors (Lipinski definition) is 6. The topological polar surface area (TPSA) is 124 Å². The summed E-state index contributed by atoms with van der Waals surface area (Å²) in [5, 5.41) is 6.68. The molecular weight excluding hydrogens is 454 g/mol. The monoisotopic (exact) mass is 476 g/mol. The molecule has 1 atom stereocenters. The summed E-state index contributed by atoms with van der Waals surface area (Å²) in [6.45, 7) is 2.34. The Hall–Kier alpha value is -3.60. The van der Waals surface area contributed by atoms with E-state index in [1.165, 1.54) is 48.5 Å². The number of hydrogen-bond donors (Lipinski definition) is 2. The van der Waals surface area contributed by atoms with Gasteiger partial charge < -0.3 is 11.1 Å². The number of carbonyl (C=O) groups excluding carboxylic acids is 1. The highest BCUT2D eigenvalue weighted by molar-refractivity contribution is 7.90. The van der Waals surface area contributed by atoms with Crippen molar-refractivity contribution in [3.05, 3.63) is 81.8 Å². The lowest BCUT2D eigenvalue weighted by Crippen LogP contribution is -2.31. The number of aromatic nitrogens is 2. The van der Waals surface area contributed by atoms with Crippen LogP contribution in [-0.4, -0.2) is 30.4 Å². The van der Waals surface area contributed by atoms with Crippen molar-refractivity contribution in [1.82, 2.24) is 15.1 Å². The minimum atomic E-state index is -3.52. The lowest BCUT2D eigenvalue weighted by molar-refractivity contribution is 0.0174. The van der Waals surface area contributed by atoms with E-state index < -0.39 is 33.3 Å². The van der Waals surface area contributed by atoms with Gasteiger partial charge in [0.2, 0.25) is 0 Å². The number of benzene rings is 2. The Bertz CT molecular complexity index is 1380. The van der Waals surface area contributed by atoms with Crippen LogP contribution in [0.4, 0.5) is 14.5 Å². The van der Waals surface area contributed by atoms with Gasteiger partial charge in [0.15, 0.2) is 9.84 Å². The zero-order valence-corrected chi connectivity index (χ0v) is 18.9. The Morgan fingerprint density at radius 2 is 1.85 bits per heavy atom. The highest BCUT2D eigenvalue weighted by atomic mass is 32.2. The smallest absolute Gasteiger partial charge is 0.272 e. The summed E-state index contributed by atoms with van der Waals surface area (Å²) in [5.74, 6) is -3.77. The maximum Gasteiger partial charge on any atom is 0.272 e. The molecule has 0 radical (unpaired) electrons. The third kappa shape index (κ3) is 5.61. The number of rotatable bonds is 6. The lowest BCUT2D eigenvalue weighted by Gasteiger charge is -2.18. The second-order valence-corrected chi connectivity index (χ2v) is 9.73. The van der Waals surface area contributed by atoms with Crippen LogP contribution in [0.5, 0.6) is 0 Å². The maximum atomic E-state index is 13.7. The van der Waals surface area contributed by atoms with E-state index >= 15 is 0 Å². The van der Waals surface area contributed by atoms with Crippen LogP contribution in [0.2, 0.25) is 0 Å². The molecule has 0 aliphatic rings. The van der Waals surface area contributed by atoms with Crippen molar-refractivity contribution in [3.63, 3.8) is 0 Å². The molecule has 174 valence electrons. The number of halogens is 2. The number of amides is 1. The minimum Gasteiger partial charge on any atom is -0.399 e. The molecule has 0 spiro atoms. The standard InChI is InChI=1S/C22H22F2N4O4S/c1-13(14-9-15(22(2,23)24)11-16(25)10-14)26-21(30)19-7-8-20(29)28(27-19)17-5-4-6-18(12-17)33(3,31)32/h4-13H,25H2,1-3H3,(H,26,30)/t13-/m1/s1. The predicted molar refractivity (Wildman–Crippen MR) is 119 cm³/mol. The van der Waals surface area contributed by atoms with Crippen LogP contribution in [0, 0.1) is 0 Å². The average Bonchev–Trinajstić information content (AvgIpc) is 2.72. The molecule has 0 unspecified atom stereocenters. The first-order valence-corrected chi connectivity index (χ1v) is 11.7. The fourth-order valence-corrected chi connectivity index (χ4v) is 3.76. The molecule has 0 aliphatic heterocycles. The number of nitrogens with one attached hydrogen (secondary N) is 1. The van der Waals surface area contributed by atoms with Gasteiger partial charge in [-0.15, -0.1) is 0 Å². The summed E-state index contributed by atoms with van der Waals surface area (Å²) in [7, 11) is -3.52. The second kappa shape index (κ2) is 8.74. The molecule has 1 heterocycles. The summed E-state index contributed by atoms with van der Waals surface area (Å²) < 4.78 is 52.0. The SMILES string of the molecule is C[C@@H](NC(=O)c1ccc(=O)n(-c2cccc(S(C)(=O)=O)c2)n1)c1cc(N)cc(C(C)(F)F)c1. The first kappa shape index (κ1) is 24.1. The number of carbonyl (C=O) groups is 1. The molecule has 33 heavy (non-hydrogen) atoms. The van der Waals surface area contributed by atoms with Gasteiger partial charge in [-0.2, -0.15) is 9.78 Å². The normalized spacial score (nSPS) is 12.9. The van der Waals surface area contributed by atoms with E-state index in [4.69, 9.17) is 5.73 Å². The quantitative estimate of drug-likeness (QED) is 0.527. The summed E-state index contributed by atoms with van der Waals surface area (Å²) >= 11 is 0. The Morgan fingerprint density at radius 3 is 2.48 bits per heavy atom. The van der Waals surface area contributed by atoms with Gasteiger partial charge in [-0.05, 0) is 55.0 Å². The molecule has 0 saturated carbocycles. The molecule has 3 aromatic rings. The molecule has 1 amide bonds. The van der Waals surface area contributed by atoms with Crippen LogP contribution in [0.15, 0.2) is 64.3 Å². The van der Waals surface area contributed by atoms with Crippen molar-refractivity contribution >= 4 is 21.4 Å². The Balaban J connectivity index is 1.91. The second-order valence-electron chi connectivity index (χ2n) is 7.71.